The van der Waals surface area contributed by atoms with Gasteiger partial charge in [-0.05, 0) is 37.1 Å². The number of amides is 2. The molecule has 142 valence electrons. The van der Waals surface area contributed by atoms with Crippen LogP contribution < -0.4 is 10.5 Å². The summed E-state index contributed by atoms with van der Waals surface area (Å²) >= 11 is 6.08. The summed E-state index contributed by atoms with van der Waals surface area (Å²) < 4.78 is 5.92. The molecule has 0 saturated carbocycles. The van der Waals surface area contributed by atoms with Gasteiger partial charge in [-0.1, -0.05) is 29.8 Å². The zero-order valence-corrected chi connectivity index (χ0v) is 15.7. The summed E-state index contributed by atoms with van der Waals surface area (Å²) in [6, 6.07) is 12.7. The fraction of sp³-hybridized carbons (Fsp3) is 0.350. The molecule has 7 heteroatoms. The monoisotopic (exact) mass is 387 g/mol. The summed E-state index contributed by atoms with van der Waals surface area (Å²) in [5.74, 6) is 0.127. The molecule has 1 aromatic carbocycles. The lowest BCUT2D eigenvalue weighted by Gasteiger charge is -2.42. The quantitative estimate of drug-likeness (QED) is 0.772. The van der Waals surface area contributed by atoms with Crippen LogP contribution in [0.4, 0.5) is 0 Å². The number of hydrogen-bond donors (Lipinski definition) is 1. The molecule has 27 heavy (non-hydrogen) atoms. The van der Waals surface area contributed by atoms with Crippen molar-refractivity contribution >= 4 is 23.4 Å². The average molecular weight is 388 g/mol. The zero-order chi connectivity index (χ0) is 19.3. The number of benzene rings is 1. The van der Waals surface area contributed by atoms with Crippen LogP contribution in [0.25, 0.3) is 0 Å². The molecule has 6 nitrogen and oxygen atoms in total. The number of hydrogen-bond acceptors (Lipinski definition) is 4. The van der Waals surface area contributed by atoms with Crippen LogP contribution in [-0.4, -0.2) is 41.4 Å². The number of rotatable bonds is 6. The maximum absolute atomic E-state index is 12.9. The van der Waals surface area contributed by atoms with Crippen molar-refractivity contribution in [2.24, 2.45) is 11.1 Å². The molecule has 2 amide bonds. The van der Waals surface area contributed by atoms with Gasteiger partial charge in [-0.25, -0.2) is 4.98 Å². The summed E-state index contributed by atoms with van der Waals surface area (Å²) in [4.78, 5) is 30.3. The normalized spacial score (nSPS) is 19.5. The molecule has 1 aliphatic rings. The minimum Gasteiger partial charge on any atom is -0.493 e. The molecule has 2 aromatic rings. The van der Waals surface area contributed by atoms with E-state index in [0.29, 0.717) is 25.3 Å². The highest BCUT2D eigenvalue weighted by molar-refractivity contribution is 6.32. The topological polar surface area (TPSA) is 85.5 Å². The molecule has 0 bridgehead atoms. The number of nitrogens with two attached hydrogens (primary N) is 1. The second kappa shape index (κ2) is 8.39. The van der Waals surface area contributed by atoms with Gasteiger partial charge < -0.3 is 15.4 Å². The SMILES string of the molecule is NC(=O)C[C@@]1(COc2ccccc2)CCCN(C(=O)c2cccnc2Cl)C1. The molecular weight excluding hydrogens is 366 g/mol. The van der Waals surface area contributed by atoms with Crippen LogP contribution >= 0.6 is 11.6 Å². The highest BCUT2D eigenvalue weighted by Gasteiger charge is 2.40. The molecule has 0 radical (unpaired) electrons. The van der Waals surface area contributed by atoms with E-state index in [1.54, 1.807) is 23.2 Å². The van der Waals surface area contributed by atoms with Crippen molar-refractivity contribution in [1.29, 1.82) is 0 Å². The Morgan fingerprint density at radius 3 is 2.70 bits per heavy atom. The van der Waals surface area contributed by atoms with Crippen molar-refractivity contribution in [3.8, 4) is 5.75 Å². The molecule has 0 unspecified atom stereocenters. The predicted molar refractivity (Wildman–Crippen MR) is 103 cm³/mol. The van der Waals surface area contributed by atoms with Crippen molar-refractivity contribution in [2.75, 3.05) is 19.7 Å². The smallest absolute Gasteiger partial charge is 0.257 e. The van der Waals surface area contributed by atoms with Crippen molar-refractivity contribution in [3.05, 3.63) is 59.4 Å². The number of carbonyl (C=O) groups is 2. The van der Waals surface area contributed by atoms with E-state index in [1.165, 1.54) is 0 Å². The summed E-state index contributed by atoms with van der Waals surface area (Å²) in [6.45, 7) is 1.28. The van der Waals surface area contributed by atoms with E-state index in [-0.39, 0.29) is 17.5 Å². The maximum atomic E-state index is 12.9. The minimum absolute atomic E-state index is 0.157. The standard InChI is InChI=1S/C20H22ClN3O3/c21-18-16(8-4-10-23-18)19(26)24-11-5-9-20(13-24,12-17(22)25)14-27-15-6-2-1-3-7-15/h1-4,6-8,10H,5,9,11-14H2,(H2,22,25)/t20-/m0/s1. The maximum Gasteiger partial charge on any atom is 0.257 e. The van der Waals surface area contributed by atoms with Crippen LogP contribution in [0, 0.1) is 5.41 Å². The number of para-hydroxylation sites is 1. The first kappa shape index (κ1) is 19.2. The van der Waals surface area contributed by atoms with Crippen LogP contribution in [0.1, 0.15) is 29.6 Å². The molecule has 1 saturated heterocycles. The van der Waals surface area contributed by atoms with Crippen LogP contribution in [0.15, 0.2) is 48.7 Å². The Labute approximate surface area is 163 Å². The first-order valence-corrected chi connectivity index (χ1v) is 9.23. The second-order valence-electron chi connectivity index (χ2n) is 6.92. The minimum atomic E-state index is -0.524. The van der Waals surface area contributed by atoms with E-state index < -0.39 is 11.3 Å². The number of halogens is 1. The van der Waals surface area contributed by atoms with Crippen molar-refractivity contribution in [2.45, 2.75) is 19.3 Å². The fourth-order valence-electron chi connectivity index (χ4n) is 3.53. The van der Waals surface area contributed by atoms with Gasteiger partial charge in [0.15, 0.2) is 0 Å². The average Bonchev–Trinajstić information content (AvgIpc) is 2.67. The number of ether oxygens (including phenoxy) is 1. The van der Waals surface area contributed by atoms with E-state index in [9.17, 15) is 9.59 Å². The van der Waals surface area contributed by atoms with Crippen molar-refractivity contribution in [3.63, 3.8) is 0 Å². The van der Waals surface area contributed by atoms with Crippen molar-refractivity contribution in [1.82, 2.24) is 9.88 Å². The van der Waals surface area contributed by atoms with Gasteiger partial charge >= 0.3 is 0 Å². The second-order valence-corrected chi connectivity index (χ2v) is 7.27. The number of primary amides is 1. The van der Waals surface area contributed by atoms with Crippen molar-refractivity contribution < 1.29 is 14.3 Å². The first-order valence-electron chi connectivity index (χ1n) is 8.85. The Kier molecular flexibility index (Phi) is 5.96. The molecule has 1 fully saturated rings. The Balaban J connectivity index is 1.78. The highest BCUT2D eigenvalue weighted by atomic mass is 35.5. The Hall–Kier alpha value is -2.60. The lowest BCUT2D eigenvalue weighted by atomic mass is 9.77. The summed E-state index contributed by atoms with van der Waals surface area (Å²) in [5, 5.41) is 0.175. The van der Waals surface area contributed by atoms with E-state index in [0.717, 1.165) is 18.6 Å². The van der Waals surface area contributed by atoms with Crippen LogP contribution in [0.5, 0.6) is 5.75 Å². The van der Waals surface area contributed by atoms with E-state index in [4.69, 9.17) is 22.1 Å². The Morgan fingerprint density at radius 1 is 1.22 bits per heavy atom. The predicted octanol–water partition coefficient (Wildman–Crippen LogP) is 2.91. The molecule has 2 N–H and O–H groups in total. The van der Waals surface area contributed by atoms with Gasteiger partial charge in [0.25, 0.3) is 5.91 Å². The lowest BCUT2D eigenvalue weighted by molar-refractivity contribution is -0.122. The summed E-state index contributed by atoms with van der Waals surface area (Å²) in [7, 11) is 0. The number of likely N-dealkylation sites (tertiary alicyclic amines) is 1. The number of aromatic nitrogens is 1. The van der Waals surface area contributed by atoms with Gasteiger partial charge in [0.05, 0.1) is 12.2 Å². The number of carbonyl (C=O) groups excluding carboxylic acids is 2. The summed E-state index contributed by atoms with van der Waals surface area (Å²) in [6.07, 6.45) is 3.22. The van der Waals surface area contributed by atoms with Gasteiger partial charge in [0.1, 0.15) is 10.9 Å². The third-order valence-corrected chi connectivity index (χ3v) is 5.08. The molecule has 1 aromatic heterocycles. The molecule has 0 spiro atoms. The highest BCUT2D eigenvalue weighted by Crippen LogP contribution is 2.35. The lowest BCUT2D eigenvalue weighted by Crippen LogP contribution is -2.50. The number of nitrogens with zero attached hydrogens (tertiary/aromatic N) is 2. The number of piperidine rings is 1. The molecule has 1 atom stereocenters. The fourth-order valence-corrected chi connectivity index (χ4v) is 3.73. The van der Waals surface area contributed by atoms with Crippen LogP contribution in [-0.2, 0) is 4.79 Å². The van der Waals surface area contributed by atoms with Gasteiger partial charge in [-0.15, -0.1) is 0 Å². The van der Waals surface area contributed by atoms with Crippen LogP contribution in [0.2, 0.25) is 5.15 Å². The zero-order valence-electron chi connectivity index (χ0n) is 14.9. The Bertz CT molecular complexity index is 815. The van der Waals surface area contributed by atoms with E-state index in [1.807, 2.05) is 30.3 Å². The van der Waals surface area contributed by atoms with Gasteiger partial charge in [-0.2, -0.15) is 0 Å². The molecule has 1 aliphatic heterocycles. The molecule has 0 aliphatic carbocycles. The van der Waals surface area contributed by atoms with E-state index >= 15 is 0 Å². The number of pyridine rings is 1. The summed E-state index contributed by atoms with van der Waals surface area (Å²) in [5.41, 5.74) is 5.34. The molecule has 3 rings (SSSR count). The third kappa shape index (κ3) is 4.77. The van der Waals surface area contributed by atoms with Gasteiger partial charge in [-0.3, -0.25) is 9.59 Å². The van der Waals surface area contributed by atoms with E-state index in [2.05, 4.69) is 4.98 Å². The van der Waals surface area contributed by atoms with Gasteiger partial charge in [0.2, 0.25) is 5.91 Å². The molecule has 2 heterocycles. The Morgan fingerprint density at radius 2 is 2.00 bits per heavy atom. The third-order valence-electron chi connectivity index (χ3n) is 4.78. The van der Waals surface area contributed by atoms with Crippen LogP contribution in [0.3, 0.4) is 0 Å². The largest absolute Gasteiger partial charge is 0.493 e. The first-order chi connectivity index (χ1) is 13.0. The van der Waals surface area contributed by atoms with Gasteiger partial charge in [0, 0.05) is 31.1 Å². The molecular formula is C20H22ClN3O3.